The summed E-state index contributed by atoms with van der Waals surface area (Å²) in [5.41, 5.74) is 1.59. The van der Waals surface area contributed by atoms with E-state index in [0.717, 1.165) is 11.1 Å². The fourth-order valence-corrected chi connectivity index (χ4v) is 3.50. The quantitative estimate of drug-likeness (QED) is 0.645. The number of thiophene rings is 1. The molecule has 2 heterocycles. The molecule has 1 aromatic carbocycles. The molecule has 0 spiro atoms. The summed E-state index contributed by atoms with van der Waals surface area (Å²) < 4.78 is 7.05. The van der Waals surface area contributed by atoms with E-state index in [1.807, 2.05) is 17.5 Å². The van der Waals surface area contributed by atoms with Crippen LogP contribution in [0.1, 0.15) is 20.8 Å². The summed E-state index contributed by atoms with van der Waals surface area (Å²) in [4.78, 5) is 29.0. The molecule has 0 saturated heterocycles. The number of benzene rings is 1. The van der Waals surface area contributed by atoms with Crippen molar-refractivity contribution in [3.05, 3.63) is 51.3 Å². The van der Waals surface area contributed by atoms with Crippen molar-refractivity contribution >= 4 is 39.1 Å². The van der Waals surface area contributed by atoms with E-state index in [9.17, 15) is 9.59 Å². The number of aromatic nitrogens is 2. The largest absolute Gasteiger partial charge is 0.459 e. The molecule has 0 fully saturated rings. The van der Waals surface area contributed by atoms with Gasteiger partial charge in [0.05, 0.1) is 11.8 Å². The lowest BCUT2D eigenvalue weighted by Gasteiger charge is -2.19. The number of carbonyl (C=O) groups is 1. The van der Waals surface area contributed by atoms with Gasteiger partial charge < -0.3 is 4.74 Å². The molecule has 0 bridgehead atoms. The molecule has 2 aromatic heterocycles. The lowest BCUT2D eigenvalue weighted by Crippen LogP contribution is -2.30. The Morgan fingerprint density at radius 1 is 1.28 bits per heavy atom. The molecule has 3 rings (SSSR count). The van der Waals surface area contributed by atoms with Crippen LogP contribution in [0.4, 0.5) is 0 Å². The molecule has 130 valence electrons. The molecule has 0 aliphatic carbocycles. The number of esters is 1. The Kier molecular flexibility index (Phi) is 4.67. The van der Waals surface area contributed by atoms with Crippen LogP contribution in [0.15, 0.2) is 40.8 Å². The summed E-state index contributed by atoms with van der Waals surface area (Å²) >= 11 is 7.23. The van der Waals surface area contributed by atoms with E-state index in [-0.39, 0.29) is 12.1 Å². The number of fused-ring (bicyclic) bond motifs is 1. The van der Waals surface area contributed by atoms with Crippen LogP contribution in [0.25, 0.3) is 21.3 Å². The Bertz CT molecular complexity index is 984. The maximum atomic E-state index is 12.6. The van der Waals surface area contributed by atoms with Crippen LogP contribution < -0.4 is 5.56 Å². The fourth-order valence-electron chi connectivity index (χ4n) is 2.40. The minimum absolute atomic E-state index is 0.160. The predicted octanol–water partition coefficient (Wildman–Crippen LogP) is 4.12. The highest BCUT2D eigenvalue weighted by Gasteiger charge is 2.18. The van der Waals surface area contributed by atoms with E-state index in [4.69, 9.17) is 16.3 Å². The van der Waals surface area contributed by atoms with Crippen LogP contribution in [-0.4, -0.2) is 21.1 Å². The van der Waals surface area contributed by atoms with E-state index in [1.54, 1.807) is 32.9 Å². The average molecular weight is 377 g/mol. The second-order valence-corrected chi connectivity index (χ2v) is 7.91. The highest BCUT2D eigenvalue weighted by Crippen LogP contribution is 2.31. The molecule has 3 aromatic rings. The van der Waals surface area contributed by atoms with Crippen molar-refractivity contribution in [1.82, 2.24) is 9.55 Å². The number of halogens is 1. The van der Waals surface area contributed by atoms with Crippen LogP contribution >= 0.6 is 22.9 Å². The van der Waals surface area contributed by atoms with Gasteiger partial charge in [-0.2, -0.15) is 0 Å². The summed E-state index contributed by atoms with van der Waals surface area (Å²) in [6.07, 6.45) is 1.39. The normalized spacial score (nSPS) is 11.7. The summed E-state index contributed by atoms with van der Waals surface area (Å²) in [5, 5.41) is 2.54. The average Bonchev–Trinajstić information content (AvgIpc) is 2.94. The van der Waals surface area contributed by atoms with Gasteiger partial charge in [0.1, 0.15) is 16.8 Å². The minimum Gasteiger partial charge on any atom is -0.459 e. The second-order valence-electron chi connectivity index (χ2n) is 6.60. The van der Waals surface area contributed by atoms with Crippen molar-refractivity contribution in [1.29, 1.82) is 0 Å². The molecule has 0 aliphatic rings. The number of nitrogens with zero attached hydrogens (tertiary/aromatic N) is 2. The zero-order valence-corrected chi connectivity index (χ0v) is 15.6. The molecule has 0 saturated carbocycles. The SMILES string of the molecule is CC(C)(C)OC(=O)Cn1cnc2c(-c3ccc(Cl)cc3)csc2c1=O. The van der Waals surface area contributed by atoms with Gasteiger partial charge in [-0.3, -0.25) is 14.2 Å². The third-order valence-corrected chi connectivity index (χ3v) is 4.63. The lowest BCUT2D eigenvalue weighted by atomic mass is 10.1. The van der Waals surface area contributed by atoms with E-state index in [1.165, 1.54) is 22.2 Å². The first-order chi connectivity index (χ1) is 11.7. The smallest absolute Gasteiger partial charge is 0.326 e. The topological polar surface area (TPSA) is 61.2 Å². The van der Waals surface area contributed by atoms with Gasteiger partial charge in [-0.1, -0.05) is 23.7 Å². The highest BCUT2D eigenvalue weighted by atomic mass is 35.5. The zero-order valence-electron chi connectivity index (χ0n) is 14.1. The lowest BCUT2D eigenvalue weighted by molar-refractivity contribution is -0.155. The summed E-state index contributed by atoms with van der Waals surface area (Å²) in [6, 6.07) is 7.36. The molecule has 0 amide bonds. The molecule has 0 unspecified atom stereocenters. The summed E-state index contributed by atoms with van der Waals surface area (Å²) in [7, 11) is 0. The molecule has 0 N–H and O–H groups in total. The molecule has 25 heavy (non-hydrogen) atoms. The van der Waals surface area contributed by atoms with Crippen molar-refractivity contribution in [3.63, 3.8) is 0 Å². The molecule has 0 atom stereocenters. The van der Waals surface area contributed by atoms with E-state index in [0.29, 0.717) is 15.2 Å². The minimum atomic E-state index is -0.594. The first kappa shape index (κ1) is 17.6. The Morgan fingerprint density at radius 3 is 2.60 bits per heavy atom. The first-order valence-electron chi connectivity index (χ1n) is 7.69. The van der Waals surface area contributed by atoms with Gasteiger partial charge in [-0.15, -0.1) is 11.3 Å². The molecule has 0 aliphatic heterocycles. The number of hydrogen-bond donors (Lipinski definition) is 0. The third-order valence-electron chi connectivity index (χ3n) is 3.42. The van der Waals surface area contributed by atoms with Gasteiger partial charge in [0.15, 0.2) is 0 Å². The summed E-state index contributed by atoms with van der Waals surface area (Å²) in [5.74, 6) is -0.467. The van der Waals surface area contributed by atoms with Gasteiger partial charge in [-0.25, -0.2) is 4.98 Å². The van der Waals surface area contributed by atoms with Crippen LogP contribution in [0.5, 0.6) is 0 Å². The van der Waals surface area contributed by atoms with Crippen molar-refractivity contribution in [2.75, 3.05) is 0 Å². The Hall–Kier alpha value is -2.18. The standard InChI is InChI=1S/C18H17ClN2O3S/c1-18(2,3)24-14(22)8-21-10-20-15-13(9-25-16(15)17(21)23)11-4-6-12(19)7-5-11/h4-7,9-10H,8H2,1-3H3. The third kappa shape index (κ3) is 3.91. The monoisotopic (exact) mass is 376 g/mol. The van der Waals surface area contributed by atoms with Crippen molar-refractivity contribution in [3.8, 4) is 11.1 Å². The number of rotatable bonds is 3. The zero-order chi connectivity index (χ0) is 18.2. The Morgan fingerprint density at radius 2 is 1.96 bits per heavy atom. The molecule has 7 heteroatoms. The summed E-state index contributed by atoms with van der Waals surface area (Å²) in [6.45, 7) is 5.19. The van der Waals surface area contributed by atoms with Crippen LogP contribution in [0, 0.1) is 0 Å². The van der Waals surface area contributed by atoms with Gasteiger partial charge in [-0.05, 0) is 38.5 Å². The van der Waals surface area contributed by atoms with Gasteiger partial charge in [0, 0.05) is 16.0 Å². The maximum absolute atomic E-state index is 12.6. The molecular formula is C18H17ClN2O3S. The van der Waals surface area contributed by atoms with Crippen LogP contribution in [-0.2, 0) is 16.1 Å². The maximum Gasteiger partial charge on any atom is 0.326 e. The van der Waals surface area contributed by atoms with Crippen molar-refractivity contribution in [2.24, 2.45) is 0 Å². The van der Waals surface area contributed by atoms with E-state index in [2.05, 4.69) is 4.98 Å². The van der Waals surface area contributed by atoms with Crippen molar-refractivity contribution < 1.29 is 9.53 Å². The predicted molar refractivity (Wildman–Crippen MR) is 100 cm³/mol. The highest BCUT2D eigenvalue weighted by molar-refractivity contribution is 7.17. The van der Waals surface area contributed by atoms with Crippen molar-refractivity contribution in [2.45, 2.75) is 32.9 Å². The second kappa shape index (κ2) is 6.61. The van der Waals surface area contributed by atoms with Crippen LogP contribution in [0.2, 0.25) is 5.02 Å². The number of hydrogen-bond acceptors (Lipinski definition) is 5. The first-order valence-corrected chi connectivity index (χ1v) is 8.95. The molecule has 5 nitrogen and oxygen atoms in total. The Balaban J connectivity index is 1.95. The van der Waals surface area contributed by atoms with Gasteiger partial charge in [0.25, 0.3) is 5.56 Å². The fraction of sp³-hybridized carbons (Fsp3) is 0.278. The number of ether oxygens (including phenoxy) is 1. The van der Waals surface area contributed by atoms with Crippen LogP contribution in [0.3, 0.4) is 0 Å². The number of carbonyl (C=O) groups excluding carboxylic acids is 1. The molecular weight excluding hydrogens is 360 g/mol. The van der Waals surface area contributed by atoms with E-state index < -0.39 is 11.6 Å². The Labute approximate surface area is 153 Å². The van der Waals surface area contributed by atoms with Gasteiger partial charge in [0.2, 0.25) is 0 Å². The molecule has 0 radical (unpaired) electrons. The van der Waals surface area contributed by atoms with E-state index >= 15 is 0 Å². The van der Waals surface area contributed by atoms with Gasteiger partial charge >= 0.3 is 5.97 Å².